The van der Waals surface area contributed by atoms with E-state index in [1.807, 2.05) is 7.11 Å². The van der Waals surface area contributed by atoms with Gasteiger partial charge in [-0.3, -0.25) is 4.90 Å². The van der Waals surface area contributed by atoms with Crippen LogP contribution in [0, 0.1) is 0 Å². The first kappa shape index (κ1) is 13.3. The Bertz CT molecular complexity index is 250. The van der Waals surface area contributed by atoms with E-state index in [0.29, 0.717) is 12.1 Å². The second-order valence-corrected chi connectivity index (χ2v) is 5.50. The molecule has 1 aliphatic heterocycles. The van der Waals surface area contributed by atoms with Gasteiger partial charge >= 0.3 is 0 Å². The van der Waals surface area contributed by atoms with Gasteiger partial charge in [-0.15, -0.1) is 0 Å². The van der Waals surface area contributed by atoms with E-state index in [4.69, 9.17) is 15.2 Å². The second kappa shape index (κ2) is 5.65. The first-order valence-electron chi connectivity index (χ1n) is 6.79. The summed E-state index contributed by atoms with van der Waals surface area (Å²) in [4.78, 5) is 2.57. The Morgan fingerprint density at radius 2 is 2.35 bits per heavy atom. The van der Waals surface area contributed by atoms with Gasteiger partial charge in [-0.2, -0.15) is 0 Å². The van der Waals surface area contributed by atoms with E-state index in [1.165, 1.54) is 19.3 Å². The van der Waals surface area contributed by atoms with E-state index in [9.17, 15) is 0 Å². The average Bonchev–Trinajstić information content (AvgIpc) is 2.39. The molecule has 2 rings (SSSR count). The predicted octanol–water partition coefficient (Wildman–Crippen LogP) is 0.994. The van der Waals surface area contributed by atoms with Gasteiger partial charge in [-0.05, 0) is 32.6 Å². The van der Waals surface area contributed by atoms with Gasteiger partial charge in [-0.25, -0.2) is 0 Å². The number of ether oxygens (including phenoxy) is 2. The van der Waals surface area contributed by atoms with Crippen molar-refractivity contribution in [3.63, 3.8) is 0 Å². The van der Waals surface area contributed by atoms with Crippen molar-refractivity contribution in [1.82, 2.24) is 4.90 Å². The minimum Gasteiger partial charge on any atom is -0.381 e. The summed E-state index contributed by atoms with van der Waals surface area (Å²) in [6.07, 6.45) is 5.05. The van der Waals surface area contributed by atoms with Gasteiger partial charge < -0.3 is 15.2 Å². The maximum atomic E-state index is 6.11. The van der Waals surface area contributed by atoms with Gasteiger partial charge in [-0.1, -0.05) is 0 Å². The number of rotatable bonds is 3. The lowest BCUT2D eigenvalue weighted by atomic mass is 9.77. The third-order valence-electron chi connectivity index (χ3n) is 4.47. The fraction of sp³-hybridized carbons (Fsp3) is 1.00. The number of nitrogens with two attached hydrogens (primary N) is 1. The Hall–Kier alpha value is -0.160. The summed E-state index contributed by atoms with van der Waals surface area (Å²) in [5.41, 5.74) is 6.25. The van der Waals surface area contributed by atoms with Crippen LogP contribution in [-0.4, -0.2) is 56.0 Å². The Kier molecular flexibility index (Phi) is 4.42. The van der Waals surface area contributed by atoms with E-state index < -0.39 is 0 Å². The van der Waals surface area contributed by atoms with Crippen molar-refractivity contribution in [2.75, 3.05) is 33.4 Å². The van der Waals surface area contributed by atoms with E-state index >= 15 is 0 Å². The molecule has 4 nitrogen and oxygen atoms in total. The molecule has 2 fully saturated rings. The fourth-order valence-electron chi connectivity index (χ4n) is 3.48. The summed E-state index contributed by atoms with van der Waals surface area (Å²) in [5, 5.41) is 0. The molecule has 0 aromatic carbocycles. The lowest BCUT2D eigenvalue weighted by Crippen LogP contribution is -2.63. The Morgan fingerprint density at radius 1 is 1.53 bits per heavy atom. The second-order valence-electron chi connectivity index (χ2n) is 5.50. The summed E-state index contributed by atoms with van der Waals surface area (Å²) in [5.74, 6) is 0. The maximum Gasteiger partial charge on any atom is 0.0620 e. The highest BCUT2D eigenvalue weighted by Gasteiger charge is 2.43. The van der Waals surface area contributed by atoms with Crippen molar-refractivity contribution in [3.8, 4) is 0 Å². The van der Waals surface area contributed by atoms with Crippen molar-refractivity contribution in [2.45, 2.75) is 50.3 Å². The zero-order valence-corrected chi connectivity index (χ0v) is 11.2. The van der Waals surface area contributed by atoms with Crippen molar-refractivity contribution in [1.29, 1.82) is 0 Å². The third-order valence-corrected chi connectivity index (χ3v) is 4.47. The van der Waals surface area contributed by atoms with Gasteiger partial charge in [0.1, 0.15) is 0 Å². The molecular weight excluding hydrogens is 216 g/mol. The molecule has 1 saturated heterocycles. The molecule has 0 radical (unpaired) electrons. The van der Waals surface area contributed by atoms with Crippen molar-refractivity contribution < 1.29 is 9.47 Å². The van der Waals surface area contributed by atoms with E-state index in [1.54, 1.807) is 0 Å². The van der Waals surface area contributed by atoms with Crippen LogP contribution in [0.15, 0.2) is 0 Å². The summed E-state index contributed by atoms with van der Waals surface area (Å²) in [6.45, 7) is 5.65. The lowest BCUT2D eigenvalue weighted by molar-refractivity contribution is -0.0904. The molecule has 2 N–H and O–H groups in total. The number of methoxy groups -OCH3 is 1. The molecule has 17 heavy (non-hydrogen) atoms. The molecule has 0 spiro atoms. The third kappa shape index (κ3) is 2.65. The fourth-order valence-corrected chi connectivity index (χ4v) is 3.48. The first-order valence-corrected chi connectivity index (χ1v) is 6.79. The summed E-state index contributed by atoms with van der Waals surface area (Å²) in [7, 11) is 1.82. The SMILES string of the molecule is COC1CCCC(CN)(N2CCOCC2C)C1. The Labute approximate surface area is 104 Å². The molecule has 2 aliphatic rings. The van der Waals surface area contributed by atoms with Crippen LogP contribution >= 0.6 is 0 Å². The van der Waals surface area contributed by atoms with Crippen LogP contribution in [0.1, 0.15) is 32.6 Å². The molecular formula is C13H26N2O2. The van der Waals surface area contributed by atoms with E-state index in [2.05, 4.69) is 11.8 Å². The van der Waals surface area contributed by atoms with Gasteiger partial charge in [0, 0.05) is 31.8 Å². The number of nitrogens with zero attached hydrogens (tertiary/aromatic N) is 1. The van der Waals surface area contributed by atoms with E-state index in [0.717, 1.165) is 32.7 Å². The first-order chi connectivity index (χ1) is 8.22. The van der Waals surface area contributed by atoms with Crippen molar-refractivity contribution in [3.05, 3.63) is 0 Å². The monoisotopic (exact) mass is 242 g/mol. The highest BCUT2D eigenvalue weighted by Crippen LogP contribution is 2.36. The molecule has 0 aromatic heterocycles. The van der Waals surface area contributed by atoms with Crippen LogP contribution in [0.2, 0.25) is 0 Å². The predicted molar refractivity (Wildman–Crippen MR) is 68.0 cm³/mol. The van der Waals surface area contributed by atoms with Crippen LogP contribution < -0.4 is 5.73 Å². The van der Waals surface area contributed by atoms with Gasteiger partial charge in [0.25, 0.3) is 0 Å². The van der Waals surface area contributed by atoms with Gasteiger partial charge in [0.05, 0.1) is 19.3 Å². The number of hydrogen-bond donors (Lipinski definition) is 1. The molecule has 4 heteroatoms. The number of hydrogen-bond acceptors (Lipinski definition) is 4. The molecule has 0 aromatic rings. The minimum atomic E-state index is 0.141. The molecule has 3 unspecified atom stereocenters. The minimum absolute atomic E-state index is 0.141. The lowest BCUT2D eigenvalue weighted by Gasteiger charge is -2.51. The van der Waals surface area contributed by atoms with Crippen LogP contribution in [0.5, 0.6) is 0 Å². The van der Waals surface area contributed by atoms with Crippen LogP contribution in [0.4, 0.5) is 0 Å². The molecule has 1 aliphatic carbocycles. The molecule has 3 atom stereocenters. The highest BCUT2D eigenvalue weighted by atomic mass is 16.5. The largest absolute Gasteiger partial charge is 0.381 e. The van der Waals surface area contributed by atoms with Gasteiger partial charge in [0.2, 0.25) is 0 Å². The van der Waals surface area contributed by atoms with Crippen LogP contribution in [0.25, 0.3) is 0 Å². The Balaban J connectivity index is 2.11. The molecule has 0 amide bonds. The van der Waals surface area contributed by atoms with E-state index in [-0.39, 0.29) is 5.54 Å². The summed E-state index contributed by atoms with van der Waals surface area (Å²) in [6, 6.07) is 0.475. The zero-order valence-electron chi connectivity index (χ0n) is 11.2. The average molecular weight is 242 g/mol. The van der Waals surface area contributed by atoms with Crippen LogP contribution in [0.3, 0.4) is 0 Å². The standard InChI is InChI=1S/C13H26N2O2/c1-11-9-17-7-6-15(11)13(10-14)5-3-4-12(8-13)16-2/h11-12H,3-10,14H2,1-2H3. The van der Waals surface area contributed by atoms with Crippen molar-refractivity contribution in [2.24, 2.45) is 5.73 Å². The smallest absolute Gasteiger partial charge is 0.0620 e. The maximum absolute atomic E-state index is 6.11. The quantitative estimate of drug-likeness (QED) is 0.802. The number of morpholine rings is 1. The van der Waals surface area contributed by atoms with Gasteiger partial charge in [0.15, 0.2) is 0 Å². The highest BCUT2D eigenvalue weighted by molar-refractivity contribution is 4.99. The Morgan fingerprint density at radius 3 is 3.00 bits per heavy atom. The van der Waals surface area contributed by atoms with Crippen molar-refractivity contribution >= 4 is 0 Å². The molecule has 1 heterocycles. The molecule has 0 bridgehead atoms. The summed E-state index contributed by atoms with van der Waals surface area (Å²) < 4.78 is 11.1. The summed E-state index contributed by atoms with van der Waals surface area (Å²) >= 11 is 0. The zero-order chi connectivity index (χ0) is 12.3. The normalized spacial score (nSPS) is 40.4. The van der Waals surface area contributed by atoms with Crippen LogP contribution in [-0.2, 0) is 9.47 Å². The molecule has 100 valence electrons. The topological polar surface area (TPSA) is 47.7 Å². The molecule has 1 saturated carbocycles.